The minimum atomic E-state index is 0.121. The number of rotatable bonds is 5. The Labute approximate surface area is 129 Å². The first-order valence-electron chi connectivity index (χ1n) is 6.96. The quantitative estimate of drug-likeness (QED) is 0.852. The Morgan fingerprint density at radius 1 is 1.20 bits per heavy atom. The van der Waals surface area contributed by atoms with Crippen molar-refractivity contribution in [3.63, 3.8) is 0 Å². The van der Waals surface area contributed by atoms with Crippen LogP contribution in [0.4, 0.5) is 0 Å². The lowest BCUT2D eigenvalue weighted by Gasteiger charge is -2.26. The Hall–Kier alpha value is -1.06. The fourth-order valence-electron chi connectivity index (χ4n) is 2.22. The average molecular weight is 336 g/mol. The zero-order valence-corrected chi connectivity index (χ0v) is 13.9. The van der Waals surface area contributed by atoms with Crippen molar-refractivity contribution >= 4 is 15.9 Å². The molecule has 1 aromatic carbocycles. The predicted molar refractivity (Wildman–Crippen MR) is 87.1 cm³/mol. The first kappa shape index (κ1) is 15.3. The molecule has 1 unspecified atom stereocenters. The van der Waals surface area contributed by atoms with Gasteiger partial charge in [-0.15, -0.1) is 0 Å². The third-order valence-corrected chi connectivity index (χ3v) is 4.01. The molecule has 20 heavy (non-hydrogen) atoms. The van der Waals surface area contributed by atoms with Gasteiger partial charge in [-0.25, -0.2) is 0 Å². The van der Waals surface area contributed by atoms with E-state index in [0.717, 1.165) is 13.0 Å². The van der Waals surface area contributed by atoms with Crippen LogP contribution in [-0.4, -0.2) is 12.1 Å². The number of halogens is 1. The highest BCUT2D eigenvalue weighted by molar-refractivity contribution is 9.10. The van der Waals surface area contributed by atoms with Gasteiger partial charge in [0.2, 0.25) is 0 Å². The third-order valence-electron chi connectivity index (χ3n) is 3.29. The Morgan fingerprint density at radius 2 is 1.95 bits per heavy atom. The van der Waals surface area contributed by atoms with Gasteiger partial charge in [0.05, 0.1) is 12.5 Å². The molecule has 0 aliphatic carbocycles. The van der Waals surface area contributed by atoms with Crippen LogP contribution in [0.2, 0.25) is 0 Å². The monoisotopic (exact) mass is 335 g/mol. The van der Waals surface area contributed by atoms with E-state index in [0.29, 0.717) is 5.92 Å². The molecule has 0 fully saturated rings. The van der Waals surface area contributed by atoms with Gasteiger partial charge in [-0.1, -0.05) is 34.1 Å². The first-order chi connectivity index (χ1) is 9.46. The van der Waals surface area contributed by atoms with Crippen LogP contribution < -0.4 is 5.32 Å². The van der Waals surface area contributed by atoms with Gasteiger partial charge in [0.15, 0.2) is 0 Å². The highest BCUT2D eigenvalue weighted by Crippen LogP contribution is 2.28. The second kappa shape index (κ2) is 6.59. The molecule has 2 aromatic rings. The number of hydrogen-bond donors (Lipinski definition) is 1. The van der Waals surface area contributed by atoms with E-state index in [-0.39, 0.29) is 5.54 Å². The molecule has 0 amide bonds. The van der Waals surface area contributed by atoms with Gasteiger partial charge in [0.1, 0.15) is 0 Å². The summed E-state index contributed by atoms with van der Waals surface area (Å²) in [6, 6.07) is 10.5. The summed E-state index contributed by atoms with van der Waals surface area (Å²) in [5.41, 5.74) is 2.70. The summed E-state index contributed by atoms with van der Waals surface area (Å²) in [6.07, 6.45) is 4.55. The zero-order chi connectivity index (χ0) is 14.6. The summed E-state index contributed by atoms with van der Waals surface area (Å²) in [4.78, 5) is 0. The molecule has 0 aliphatic rings. The van der Waals surface area contributed by atoms with Gasteiger partial charge in [-0.3, -0.25) is 0 Å². The van der Waals surface area contributed by atoms with Gasteiger partial charge in [-0.2, -0.15) is 0 Å². The summed E-state index contributed by atoms with van der Waals surface area (Å²) < 4.78 is 6.37. The standard InChI is InChI=1S/C17H22BrNO/c1-17(2,3)19-11-14(10-13-8-9-20-12-13)15-6-4-5-7-16(15)18/h4-9,12,14,19H,10-11H2,1-3H3. The van der Waals surface area contributed by atoms with Crippen LogP contribution in [0.15, 0.2) is 51.7 Å². The van der Waals surface area contributed by atoms with E-state index >= 15 is 0 Å². The van der Waals surface area contributed by atoms with Crippen molar-refractivity contribution < 1.29 is 4.42 Å². The minimum Gasteiger partial charge on any atom is -0.472 e. The van der Waals surface area contributed by atoms with Crippen LogP contribution in [0, 0.1) is 0 Å². The van der Waals surface area contributed by atoms with Crippen molar-refractivity contribution in [3.05, 3.63) is 58.5 Å². The molecule has 0 radical (unpaired) electrons. The Morgan fingerprint density at radius 3 is 2.55 bits per heavy atom. The van der Waals surface area contributed by atoms with Crippen LogP contribution >= 0.6 is 15.9 Å². The van der Waals surface area contributed by atoms with Crippen molar-refractivity contribution in [2.45, 2.75) is 38.6 Å². The minimum absolute atomic E-state index is 0.121. The molecule has 2 nitrogen and oxygen atoms in total. The first-order valence-corrected chi connectivity index (χ1v) is 7.75. The number of benzene rings is 1. The number of hydrogen-bond acceptors (Lipinski definition) is 2. The fourth-order valence-corrected chi connectivity index (χ4v) is 2.83. The summed E-state index contributed by atoms with van der Waals surface area (Å²) >= 11 is 3.67. The van der Waals surface area contributed by atoms with Gasteiger partial charge < -0.3 is 9.73 Å². The van der Waals surface area contributed by atoms with E-state index in [1.54, 1.807) is 6.26 Å². The molecule has 0 saturated heterocycles. The molecule has 1 atom stereocenters. The summed E-state index contributed by atoms with van der Waals surface area (Å²) in [5.74, 6) is 0.419. The van der Waals surface area contributed by atoms with Crippen molar-refractivity contribution in [1.29, 1.82) is 0 Å². The van der Waals surface area contributed by atoms with Crippen molar-refractivity contribution in [1.82, 2.24) is 5.32 Å². The van der Waals surface area contributed by atoms with Gasteiger partial charge in [0.25, 0.3) is 0 Å². The molecule has 2 rings (SSSR count). The van der Waals surface area contributed by atoms with E-state index in [1.165, 1.54) is 15.6 Å². The Balaban J connectivity index is 2.17. The topological polar surface area (TPSA) is 25.2 Å². The lowest BCUT2D eigenvalue weighted by Crippen LogP contribution is -2.39. The maximum Gasteiger partial charge on any atom is 0.0934 e. The summed E-state index contributed by atoms with van der Waals surface area (Å²) in [7, 11) is 0. The van der Waals surface area contributed by atoms with Crippen molar-refractivity contribution in [2.24, 2.45) is 0 Å². The summed E-state index contributed by atoms with van der Waals surface area (Å²) in [6.45, 7) is 7.53. The molecular weight excluding hydrogens is 314 g/mol. The van der Waals surface area contributed by atoms with Gasteiger partial charge in [0, 0.05) is 22.5 Å². The molecule has 3 heteroatoms. The van der Waals surface area contributed by atoms with E-state index in [4.69, 9.17) is 4.42 Å². The van der Waals surface area contributed by atoms with Crippen LogP contribution in [0.5, 0.6) is 0 Å². The number of nitrogens with one attached hydrogen (secondary N) is 1. The molecule has 1 heterocycles. The molecule has 0 aliphatic heterocycles. The molecule has 1 aromatic heterocycles. The predicted octanol–water partition coefficient (Wildman–Crippen LogP) is 4.76. The van der Waals surface area contributed by atoms with E-state index in [2.05, 4.69) is 66.3 Å². The molecule has 0 saturated carbocycles. The second-order valence-electron chi connectivity index (χ2n) is 6.19. The maximum atomic E-state index is 5.19. The van der Waals surface area contributed by atoms with E-state index in [9.17, 15) is 0 Å². The largest absolute Gasteiger partial charge is 0.472 e. The van der Waals surface area contributed by atoms with E-state index in [1.807, 2.05) is 12.3 Å². The lowest BCUT2D eigenvalue weighted by molar-refractivity contribution is 0.404. The van der Waals surface area contributed by atoms with Gasteiger partial charge in [-0.05, 0) is 50.5 Å². The molecule has 108 valence electrons. The van der Waals surface area contributed by atoms with Crippen LogP contribution in [0.25, 0.3) is 0 Å². The smallest absolute Gasteiger partial charge is 0.0934 e. The van der Waals surface area contributed by atoms with Crippen molar-refractivity contribution in [2.75, 3.05) is 6.54 Å². The Kier molecular flexibility index (Phi) is 5.06. The molecule has 0 bridgehead atoms. The average Bonchev–Trinajstić information content (AvgIpc) is 2.87. The molecular formula is C17H22BrNO. The highest BCUT2D eigenvalue weighted by Gasteiger charge is 2.18. The summed E-state index contributed by atoms with van der Waals surface area (Å²) in [5, 5.41) is 3.61. The zero-order valence-electron chi connectivity index (χ0n) is 12.3. The molecule has 0 spiro atoms. The normalized spacial score (nSPS) is 13.4. The maximum absolute atomic E-state index is 5.19. The van der Waals surface area contributed by atoms with Crippen molar-refractivity contribution in [3.8, 4) is 0 Å². The molecule has 1 N–H and O–H groups in total. The van der Waals surface area contributed by atoms with Crippen LogP contribution in [0.1, 0.15) is 37.8 Å². The lowest BCUT2D eigenvalue weighted by atomic mass is 9.92. The van der Waals surface area contributed by atoms with Crippen LogP contribution in [-0.2, 0) is 6.42 Å². The SMILES string of the molecule is CC(C)(C)NCC(Cc1ccoc1)c1ccccc1Br. The highest BCUT2D eigenvalue weighted by atomic mass is 79.9. The fraction of sp³-hybridized carbons (Fsp3) is 0.412. The number of furan rings is 1. The third kappa shape index (κ3) is 4.50. The van der Waals surface area contributed by atoms with Gasteiger partial charge >= 0.3 is 0 Å². The Bertz CT molecular complexity index is 528. The van der Waals surface area contributed by atoms with E-state index < -0.39 is 0 Å². The van der Waals surface area contributed by atoms with Crippen LogP contribution in [0.3, 0.4) is 0 Å². The second-order valence-corrected chi connectivity index (χ2v) is 7.04.